The maximum absolute atomic E-state index is 12.4. The predicted octanol–water partition coefficient (Wildman–Crippen LogP) is 3.65. The standard InChI is InChI=1S/C19H19N3O4/c1-13(23)14-4-7-16(8-5-14)20-19(24)15-6-9-17(18(12-15)22(25)26)21-10-2-3-11-21/h4-9,12H,2-3,10-11H2,1H3,(H,20,24). The van der Waals surface area contributed by atoms with Gasteiger partial charge in [-0.3, -0.25) is 19.7 Å². The minimum absolute atomic E-state index is 0.0593. The number of nitro benzene ring substituents is 1. The van der Waals surface area contributed by atoms with E-state index in [4.69, 9.17) is 0 Å². The fourth-order valence-corrected chi connectivity index (χ4v) is 3.03. The van der Waals surface area contributed by atoms with Gasteiger partial charge in [-0.05, 0) is 56.2 Å². The number of amides is 1. The number of rotatable bonds is 5. The van der Waals surface area contributed by atoms with Crippen LogP contribution in [0.2, 0.25) is 0 Å². The second-order valence-corrected chi connectivity index (χ2v) is 6.24. The summed E-state index contributed by atoms with van der Waals surface area (Å²) in [5.41, 5.74) is 1.77. The fraction of sp³-hybridized carbons (Fsp3) is 0.263. The average molecular weight is 353 g/mol. The van der Waals surface area contributed by atoms with E-state index in [0.717, 1.165) is 25.9 Å². The maximum atomic E-state index is 12.4. The van der Waals surface area contributed by atoms with E-state index in [0.29, 0.717) is 16.9 Å². The van der Waals surface area contributed by atoms with Crippen LogP contribution in [0.15, 0.2) is 42.5 Å². The second-order valence-electron chi connectivity index (χ2n) is 6.24. The van der Waals surface area contributed by atoms with Crippen LogP contribution < -0.4 is 10.2 Å². The first-order chi connectivity index (χ1) is 12.5. The van der Waals surface area contributed by atoms with Gasteiger partial charge in [0.05, 0.1) is 4.92 Å². The number of anilines is 2. The fourth-order valence-electron chi connectivity index (χ4n) is 3.03. The smallest absolute Gasteiger partial charge is 0.293 e. The van der Waals surface area contributed by atoms with Gasteiger partial charge in [-0.25, -0.2) is 0 Å². The van der Waals surface area contributed by atoms with Crippen LogP contribution in [0.5, 0.6) is 0 Å². The van der Waals surface area contributed by atoms with Gasteiger partial charge in [0.25, 0.3) is 11.6 Å². The third kappa shape index (κ3) is 3.72. The quantitative estimate of drug-likeness (QED) is 0.503. The molecule has 1 N–H and O–H groups in total. The van der Waals surface area contributed by atoms with Crippen molar-refractivity contribution >= 4 is 28.8 Å². The average Bonchev–Trinajstić information content (AvgIpc) is 3.16. The van der Waals surface area contributed by atoms with Crippen molar-refractivity contribution < 1.29 is 14.5 Å². The highest BCUT2D eigenvalue weighted by atomic mass is 16.6. The summed E-state index contributed by atoms with van der Waals surface area (Å²) in [5.74, 6) is -0.493. The minimum atomic E-state index is -0.452. The van der Waals surface area contributed by atoms with E-state index < -0.39 is 10.8 Å². The lowest BCUT2D eigenvalue weighted by Gasteiger charge is -2.17. The number of nitrogens with one attached hydrogen (secondary N) is 1. The van der Waals surface area contributed by atoms with Crippen LogP contribution in [0.25, 0.3) is 0 Å². The summed E-state index contributed by atoms with van der Waals surface area (Å²) in [6, 6.07) is 11.0. The molecule has 1 aliphatic heterocycles. The highest BCUT2D eigenvalue weighted by Crippen LogP contribution is 2.31. The first-order valence-corrected chi connectivity index (χ1v) is 8.41. The Hall–Kier alpha value is -3.22. The van der Waals surface area contributed by atoms with Crippen molar-refractivity contribution in [1.82, 2.24) is 0 Å². The van der Waals surface area contributed by atoms with Crippen molar-refractivity contribution in [3.63, 3.8) is 0 Å². The van der Waals surface area contributed by atoms with E-state index in [1.54, 1.807) is 36.4 Å². The highest BCUT2D eigenvalue weighted by Gasteiger charge is 2.23. The van der Waals surface area contributed by atoms with Crippen LogP contribution in [-0.4, -0.2) is 29.7 Å². The van der Waals surface area contributed by atoms with Crippen molar-refractivity contribution in [3.05, 3.63) is 63.7 Å². The van der Waals surface area contributed by atoms with Crippen molar-refractivity contribution in [2.24, 2.45) is 0 Å². The van der Waals surface area contributed by atoms with Gasteiger partial charge in [0.1, 0.15) is 5.69 Å². The van der Waals surface area contributed by atoms with Gasteiger partial charge >= 0.3 is 0 Å². The Morgan fingerprint density at radius 1 is 1.04 bits per heavy atom. The number of ketones is 1. The van der Waals surface area contributed by atoms with E-state index in [1.165, 1.54) is 13.0 Å². The van der Waals surface area contributed by atoms with E-state index in [9.17, 15) is 19.7 Å². The molecule has 3 rings (SSSR count). The molecule has 7 heteroatoms. The zero-order valence-corrected chi connectivity index (χ0v) is 14.4. The molecular formula is C19H19N3O4. The second kappa shape index (κ2) is 7.35. The van der Waals surface area contributed by atoms with E-state index >= 15 is 0 Å². The van der Waals surface area contributed by atoms with Gasteiger partial charge in [-0.15, -0.1) is 0 Å². The zero-order valence-electron chi connectivity index (χ0n) is 14.4. The molecule has 7 nitrogen and oxygen atoms in total. The Balaban J connectivity index is 1.81. The van der Waals surface area contributed by atoms with Crippen LogP contribution >= 0.6 is 0 Å². The topological polar surface area (TPSA) is 92.6 Å². The summed E-state index contributed by atoms with van der Waals surface area (Å²) in [6.07, 6.45) is 2.02. The zero-order chi connectivity index (χ0) is 18.7. The van der Waals surface area contributed by atoms with Crippen LogP contribution in [-0.2, 0) is 0 Å². The van der Waals surface area contributed by atoms with Crippen LogP contribution in [0.1, 0.15) is 40.5 Å². The molecule has 0 radical (unpaired) electrons. The summed E-state index contributed by atoms with van der Waals surface area (Å²) in [6.45, 7) is 3.04. The molecule has 2 aromatic carbocycles. The van der Waals surface area contributed by atoms with Gasteiger partial charge in [-0.2, -0.15) is 0 Å². The molecule has 0 bridgehead atoms. The summed E-state index contributed by atoms with van der Waals surface area (Å²) >= 11 is 0. The number of Topliss-reactive ketones (excluding diaryl/α,β-unsaturated/α-hetero) is 1. The molecule has 0 unspecified atom stereocenters. The number of hydrogen-bond donors (Lipinski definition) is 1. The molecular weight excluding hydrogens is 334 g/mol. The van der Waals surface area contributed by atoms with E-state index in [2.05, 4.69) is 5.32 Å². The summed E-state index contributed by atoms with van der Waals surface area (Å²) in [4.78, 5) is 36.7. The SMILES string of the molecule is CC(=O)c1ccc(NC(=O)c2ccc(N3CCCC3)c([N+](=O)[O-])c2)cc1. The largest absolute Gasteiger partial charge is 0.366 e. The number of carbonyl (C=O) groups excluding carboxylic acids is 2. The molecule has 0 aromatic heterocycles. The summed E-state index contributed by atoms with van der Waals surface area (Å²) < 4.78 is 0. The molecule has 1 fully saturated rings. The normalized spacial score (nSPS) is 13.5. The van der Waals surface area contributed by atoms with E-state index in [1.807, 2.05) is 4.90 Å². The molecule has 0 atom stereocenters. The van der Waals surface area contributed by atoms with Gasteiger partial charge in [0.2, 0.25) is 0 Å². The number of carbonyl (C=O) groups is 2. The molecule has 134 valence electrons. The molecule has 1 heterocycles. The predicted molar refractivity (Wildman–Crippen MR) is 98.9 cm³/mol. The van der Waals surface area contributed by atoms with Crippen LogP contribution in [0, 0.1) is 10.1 Å². The Morgan fingerprint density at radius 3 is 2.23 bits per heavy atom. The number of hydrogen-bond acceptors (Lipinski definition) is 5. The molecule has 2 aromatic rings. The Labute approximate surface area is 150 Å². The Morgan fingerprint density at radius 2 is 1.65 bits per heavy atom. The highest BCUT2D eigenvalue weighted by molar-refractivity contribution is 6.05. The molecule has 1 aliphatic rings. The van der Waals surface area contributed by atoms with E-state index in [-0.39, 0.29) is 17.0 Å². The maximum Gasteiger partial charge on any atom is 0.293 e. The van der Waals surface area contributed by atoms with Crippen molar-refractivity contribution in [3.8, 4) is 0 Å². The van der Waals surface area contributed by atoms with Gasteiger partial charge in [0, 0.05) is 36.0 Å². The molecule has 0 aliphatic carbocycles. The minimum Gasteiger partial charge on any atom is -0.366 e. The number of nitro groups is 1. The number of benzene rings is 2. The lowest BCUT2D eigenvalue weighted by atomic mass is 10.1. The van der Waals surface area contributed by atoms with Gasteiger partial charge in [-0.1, -0.05) is 0 Å². The first-order valence-electron chi connectivity index (χ1n) is 8.41. The summed E-state index contributed by atoms with van der Waals surface area (Å²) in [7, 11) is 0. The molecule has 1 saturated heterocycles. The third-order valence-electron chi connectivity index (χ3n) is 4.43. The van der Waals surface area contributed by atoms with Crippen molar-refractivity contribution in [2.45, 2.75) is 19.8 Å². The number of nitrogens with zero attached hydrogens (tertiary/aromatic N) is 2. The van der Waals surface area contributed by atoms with Gasteiger partial charge in [0.15, 0.2) is 5.78 Å². The Bertz CT molecular complexity index is 856. The van der Waals surface area contributed by atoms with Crippen LogP contribution in [0.4, 0.5) is 17.1 Å². The van der Waals surface area contributed by atoms with Crippen molar-refractivity contribution in [2.75, 3.05) is 23.3 Å². The monoisotopic (exact) mass is 353 g/mol. The lowest BCUT2D eigenvalue weighted by molar-refractivity contribution is -0.384. The molecule has 26 heavy (non-hydrogen) atoms. The lowest BCUT2D eigenvalue weighted by Crippen LogP contribution is -2.19. The summed E-state index contributed by atoms with van der Waals surface area (Å²) in [5, 5.41) is 14.1. The molecule has 1 amide bonds. The van der Waals surface area contributed by atoms with Crippen molar-refractivity contribution in [1.29, 1.82) is 0 Å². The van der Waals surface area contributed by atoms with Crippen LogP contribution in [0.3, 0.4) is 0 Å². The molecule has 0 spiro atoms. The first kappa shape index (κ1) is 17.6. The third-order valence-corrected chi connectivity index (χ3v) is 4.43. The van der Waals surface area contributed by atoms with Gasteiger partial charge < -0.3 is 10.2 Å². The Kier molecular flexibility index (Phi) is 4.97. The molecule has 0 saturated carbocycles.